The van der Waals surface area contributed by atoms with Gasteiger partial charge in [0.05, 0.1) is 0 Å². The lowest BCUT2D eigenvalue weighted by Crippen LogP contribution is -2.17. The van der Waals surface area contributed by atoms with E-state index in [1.807, 2.05) is 0 Å². The molecule has 1 amide bonds. The van der Waals surface area contributed by atoms with E-state index in [2.05, 4.69) is 0 Å². The summed E-state index contributed by atoms with van der Waals surface area (Å²) in [6, 6.07) is 0. The Morgan fingerprint density at radius 2 is 1.21 bits per heavy atom. The van der Waals surface area contributed by atoms with E-state index in [9.17, 15) is 14.4 Å². The molecule has 80 valence electrons. The predicted octanol–water partition coefficient (Wildman–Crippen LogP) is -0.194. The molecule has 6 heteroatoms. The van der Waals surface area contributed by atoms with Gasteiger partial charge in [-0.1, -0.05) is 0 Å². The fourth-order valence-corrected chi connectivity index (χ4v) is 0.143. The first kappa shape index (κ1) is 14.7. The van der Waals surface area contributed by atoms with Crippen molar-refractivity contribution in [3.05, 3.63) is 12.2 Å². The third-order valence-electron chi connectivity index (χ3n) is 0.998. The fourth-order valence-electron chi connectivity index (χ4n) is 0.143. The molecule has 0 saturated carbocycles. The molecule has 0 spiro atoms. The van der Waals surface area contributed by atoms with Gasteiger partial charge < -0.3 is 15.1 Å². The first-order valence-corrected chi connectivity index (χ1v) is 3.59. The highest BCUT2D eigenvalue weighted by Crippen LogP contribution is 1.70. The molecule has 0 aliphatic carbocycles. The van der Waals surface area contributed by atoms with Crippen LogP contribution >= 0.6 is 0 Å². The standard InChI is InChI=1S/C4H9NO.C4H4O4/c1-4(6)5(2)3;5-3(6)1-2-4(7)8/h1-3H3;1-2H,(H,5,6)(H,7,8). The monoisotopic (exact) mass is 203 g/mol. The van der Waals surface area contributed by atoms with E-state index in [-0.39, 0.29) is 5.91 Å². The summed E-state index contributed by atoms with van der Waals surface area (Å²) >= 11 is 0. The highest BCUT2D eigenvalue weighted by atomic mass is 16.4. The number of rotatable bonds is 2. The summed E-state index contributed by atoms with van der Waals surface area (Å²) < 4.78 is 0. The first-order chi connectivity index (χ1) is 6.27. The van der Waals surface area contributed by atoms with Crippen LogP contribution < -0.4 is 0 Å². The van der Waals surface area contributed by atoms with Crippen LogP contribution in [0.25, 0.3) is 0 Å². The number of hydrogen-bond donors (Lipinski definition) is 2. The van der Waals surface area contributed by atoms with Crippen LogP contribution in [0.3, 0.4) is 0 Å². The highest BCUT2D eigenvalue weighted by Gasteiger charge is 1.88. The van der Waals surface area contributed by atoms with Gasteiger partial charge in [0, 0.05) is 33.2 Å². The second kappa shape index (κ2) is 7.78. The van der Waals surface area contributed by atoms with Crippen molar-refractivity contribution in [2.45, 2.75) is 6.92 Å². The Bertz CT molecular complexity index is 228. The van der Waals surface area contributed by atoms with Crippen molar-refractivity contribution in [1.29, 1.82) is 0 Å². The Morgan fingerprint density at radius 1 is 1.00 bits per heavy atom. The molecule has 0 heterocycles. The van der Waals surface area contributed by atoms with Crippen LogP contribution in [0.4, 0.5) is 0 Å². The summed E-state index contributed by atoms with van der Waals surface area (Å²) in [5, 5.41) is 15.6. The summed E-state index contributed by atoms with van der Waals surface area (Å²) in [5.41, 5.74) is 0. The molecule has 2 N–H and O–H groups in total. The molecule has 0 atom stereocenters. The van der Waals surface area contributed by atoms with Gasteiger partial charge in [-0.2, -0.15) is 0 Å². The summed E-state index contributed by atoms with van der Waals surface area (Å²) in [6.07, 6.45) is 1.12. The minimum atomic E-state index is -1.26. The molecule has 0 bridgehead atoms. The molecule has 0 aromatic rings. The third-order valence-corrected chi connectivity index (χ3v) is 0.998. The van der Waals surface area contributed by atoms with Gasteiger partial charge in [-0.25, -0.2) is 9.59 Å². The van der Waals surface area contributed by atoms with Crippen LogP contribution in [0.15, 0.2) is 12.2 Å². The van der Waals surface area contributed by atoms with Crippen molar-refractivity contribution >= 4 is 17.8 Å². The first-order valence-electron chi connectivity index (χ1n) is 3.59. The number of amides is 1. The molecule has 0 aromatic carbocycles. The van der Waals surface area contributed by atoms with Crippen LogP contribution in [0, 0.1) is 0 Å². The molecule has 0 saturated heterocycles. The number of carbonyl (C=O) groups excluding carboxylic acids is 1. The van der Waals surface area contributed by atoms with E-state index in [0.717, 1.165) is 0 Å². The SMILES string of the molecule is CC(=O)N(C)C.O=C(O)C=CC(=O)O. The smallest absolute Gasteiger partial charge is 0.328 e. The fraction of sp³-hybridized carbons (Fsp3) is 0.375. The van der Waals surface area contributed by atoms with Crippen molar-refractivity contribution in [3.8, 4) is 0 Å². The third kappa shape index (κ3) is 16.6. The average Bonchev–Trinajstić information content (AvgIpc) is 2.01. The molecule has 6 nitrogen and oxygen atoms in total. The Balaban J connectivity index is 0. The predicted molar refractivity (Wildman–Crippen MR) is 48.8 cm³/mol. The van der Waals surface area contributed by atoms with Gasteiger partial charge in [0.25, 0.3) is 0 Å². The maximum absolute atomic E-state index is 10.1. The zero-order valence-electron chi connectivity index (χ0n) is 8.22. The zero-order valence-corrected chi connectivity index (χ0v) is 8.22. The summed E-state index contributed by atoms with van der Waals surface area (Å²) in [4.78, 5) is 30.7. The molecule has 0 aromatic heterocycles. The van der Waals surface area contributed by atoms with Gasteiger partial charge in [0.1, 0.15) is 0 Å². The molecule has 0 fully saturated rings. The van der Waals surface area contributed by atoms with Crippen molar-refractivity contribution in [3.63, 3.8) is 0 Å². The molecular formula is C8H13NO5. The Morgan fingerprint density at radius 3 is 1.29 bits per heavy atom. The molecule has 0 aliphatic heterocycles. The van der Waals surface area contributed by atoms with Gasteiger partial charge in [-0.15, -0.1) is 0 Å². The largest absolute Gasteiger partial charge is 0.478 e. The Hall–Kier alpha value is -1.85. The van der Waals surface area contributed by atoms with E-state index in [4.69, 9.17) is 10.2 Å². The lowest BCUT2D eigenvalue weighted by atomic mass is 10.5. The zero-order chi connectivity index (χ0) is 11.7. The molecular weight excluding hydrogens is 190 g/mol. The minimum Gasteiger partial charge on any atom is -0.478 e. The number of hydrogen-bond acceptors (Lipinski definition) is 3. The number of nitrogens with zero attached hydrogens (tertiary/aromatic N) is 1. The van der Waals surface area contributed by atoms with Crippen LogP contribution in [0.1, 0.15) is 6.92 Å². The van der Waals surface area contributed by atoms with Crippen LogP contribution in [-0.4, -0.2) is 47.1 Å². The summed E-state index contributed by atoms with van der Waals surface area (Å²) in [7, 11) is 3.45. The normalized spacial score (nSPS) is 8.79. The molecule has 0 rings (SSSR count). The van der Waals surface area contributed by atoms with Crippen molar-refractivity contribution in [1.82, 2.24) is 4.90 Å². The quantitative estimate of drug-likeness (QED) is 0.606. The molecule has 0 unspecified atom stereocenters. The van der Waals surface area contributed by atoms with Gasteiger partial charge in [-0.3, -0.25) is 4.79 Å². The summed E-state index contributed by atoms with van der Waals surface area (Å²) in [5.74, 6) is -2.42. The van der Waals surface area contributed by atoms with Crippen LogP contribution in [0.5, 0.6) is 0 Å². The minimum absolute atomic E-state index is 0.0926. The lowest BCUT2D eigenvalue weighted by molar-refractivity contribution is -0.134. The molecule has 0 radical (unpaired) electrons. The number of carboxylic acid groups (broad SMARTS) is 2. The van der Waals surface area contributed by atoms with Gasteiger partial charge >= 0.3 is 11.9 Å². The van der Waals surface area contributed by atoms with Crippen LogP contribution in [0.2, 0.25) is 0 Å². The van der Waals surface area contributed by atoms with Gasteiger partial charge in [-0.05, 0) is 0 Å². The van der Waals surface area contributed by atoms with Crippen molar-refractivity contribution < 1.29 is 24.6 Å². The topological polar surface area (TPSA) is 94.9 Å². The average molecular weight is 203 g/mol. The second-order valence-corrected chi connectivity index (χ2v) is 2.42. The van der Waals surface area contributed by atoms with Gasteiger partial charge in [0.2, 0.25) is 5.91 Å². The second-order valence-electron chi connectivity index (χ2n) is 2.42. The number of carbonyl (C=O) groups is 3. The maximum atomic E-state index is 10.1. The Kier molecular flexibility index (Phi) is 8.15. The van der Waals surface area contributed by atoms with E-state index in [1.165, 1.54) is 11.8 Å². The highest BCUT2D eigenvalue weighted by molar-refractivity contribution is 5.89. The summed E-state index contributed by atoms with van der Waals surface area (Å²) in [6.45, 7) is 1.53. The molecule has 0 aliphatic rings. The van der Waals surface area contributed by atoms with Crippen molar-refractivity contribution in [2.75, 3.05) is 14.1 Å². The van der Waals surface area contributed by atoms with Crippen molar-refractivity contribution in [2.24, 2.45) is 0 Å². The van der Waals surface area contributed by atoms with E-state index in [1.54, 1.807) is 14.1 Å². The number of carboxylic acids is 2. The van der Waals surface area contributed by atoms with E-state index in [0.29, 0.717) is 12.2 Å². The Labute approximate surface area is 81.4 Å². The molecule has 14 heavy (non-hydrogen) atoms. The van der Waals surface area contributed by atoms with Crippen LogP contribution in [-0.2, 0) is 14.4 Å². The lowest BCUT2D eigenvalue weighted by Gasteiger charge is -2.02. The van der Waals surface area contributed by atoms with Gasteiger partial charge in [0.15, 0.2) is 0 Å². The number of aliphatic carboxylic acids is 2. The maximum Gasteiger partial charge on any atom is 0.328 e. The van der Waals surface area contributed by atoms with E-state index >= 15 is 0 Å². The van der Waals surface area contributed by atoms with E-state index < -0.39 is 11.9 Å².